The summed E-state index contributed by atoms with van der Waals surface area (Å²) in [5.41, 5.74) is -0.0328. The van der Waals surface area contributed by atoms with Crippen molar-refractivity contribution < 1.29 is 9.18 Å². The summed E-state index contributed by atoms with van der Waals surface area (Å²) < 4.78 is 13.9. The zero-order valence-corrected chi connectivity index (χ0v) is 10.6. The Hall–Kier alpha value is -1.21. The fourth-order valence-corrected chi connectivity index (χ4v) is 1.74. The van der Waals surface area contributed by atoms with E-state index in [1.54, 1.807) is 19.9 Å². The van der Waals surface area contributed by atoms with E-state index in [9.17, 15) is 9.18 Å². The van der Waals surface area contributed by atoms with Gasteiger partial charge in [0.15, 0.2) is 5.78 Å². The van der Waals surface area contributed by atoms with Crippen LogP contribution in [-0.2, 0) is 0 Å². The minimum atomic E-state index is -0.802. The standard InChI is InChI=1S/C12H11BrFNO/c1-7(2)9(6-15)12(16)8-4-3-5-10(13)11(8)14/h3-5,7,9H,1-2H3. The first-order chi connectivity index (χ1) is 7.49. The first kappa shape index (κ1) is 12.9. The summed E-state index contributed by atoms with van der Waals surface area (Å²) in [7, 11) is 0. The lowest BCUT2D eigenvalue weighted by molar-refractivity contribution is 0.0920. The number of hydrogen-bond acceptors (Lipinski definition) is 2. The summed E-state index contributed by atoms with van der Waals surface area (Å²) in [6, 6.07) is 6.41. The smallest absolute Gasteiger partial charge is 0.183 e. The van der Waals surface area contributed by atoms with Gasteiger partial charge in [-0.15, -0.1) is 0 Å². The normalized spacial score (nSPS) is 12.2. The summed E-state index contributed by atoms with van der Waals surface area (Å²) in [4.78, 5) is 11.9. The first-order valence-corrected chi connectivity index (χ1v) is 5.66. The molecule has 16 heavy (non-hydrogen) atoms. The number of carbonyl (C=O) groups is 1. The fraction of sp³-hybridized carbons (Fsp3) is 0.333. The molecule has 0 aliphatic carbocycles. The van der Waals surface area contributed by atoms with Crippen molar-refractivity contribution in [2.24, 2.45) is 11.8 Å². The lowest BCUT2D eigenvalue weighted by Crippen LogP contribution is -2.19. The Labute approximate surface area is 102 Å². The summed E-state index contributed by atoms with van der Waals surface area (Å²) in [6.07, 6.45) is 0. The summed E-state index contributed by atoms with van der Waals surface area (Å²) in [5.74, 6) is -2.00. The van der Waals surface area contributed by atoms with Gasteiger partial charge in [-0.3, -0.25) is 4.79 Å². The predicted molar refractivity (Wildman–Crippen MR) is 62.4 cm³/mol. The lowest BCUT2D eigenvalue weighted by atomic mass is 9.89. The number of nitrogens with zero attached hydrogens (tertiary/aromatic N) is 1. The maximum absolute atomic E-state index is 13.6. The van der Waals surface area contributed by atoms with E-state index in [-0.39, 0.29) is 16.0 Å². The lowest BCUT2D eigenvalue weighted by Gasteiger charge is -2.12. The van der Waals surface area contributed by atoms with Gasteiger partial charge in [-0.25, -0.2) is 4.39 Å². The Morgan fingerprint density at radius 2 is 2.12 bits per heavy atom. The molecule has 0 aliphatic rings. The predicted octanol–water partition coefficient (Wildman–Crippen LogP) is 3.57. The monoisotopic (exact) mass is 283 g/mol. The van der Waals surface area contributed by atoms with Crippen LogP contribution in [-0.4, -0.2) is 5.78 Å². The van der Waals surface area contributed by atoms with Crippen LogP contribution in [0.15, 0.2) is 22.7 Å². The molecule has 0 radical (unpaired) electrons. The van der Waals surface area contributed by atoms with Gasteiger partial charge < -0.3 is 0 Å². The fourth-order valence-electron chi connectivity index (χ4n) is 1.37. The Balaban J connectivity index is 3.15. The average molecular weight is 284 g/mol. The maximum Gasteiger partial charge on any atom is 0.183 e. The number of halogens is 2. The van der Waals surface area contributed by atoms with E-state index >= 15 is 0 Å². The highest BCUT2D eigenvalue weighted by molar-refractivity contribution is 9.10. The minimum absolute atomic E-state index is 0.0328. The molecule has 0 saturated carbocycles. The van der Waals surface area contributed by atoms with Crippen LogP contribution in [0, 0.1) is 29.0 Å². The molecule has 0 saturated heterocycles. The number of hydrogen-bond donors (Lipinski definition) is 0. The van der Waals surface area contributed by atoms with Crippen LogP contribution in [0.1, 0.15) is 24.2 Å². The topological polar surface area (TPSA) is 40.9 Å². The third-order valence-electron chi connectivity index (χ3n) is 2.31. The zero-order chi connectivity index (χ0) is 12.3. The van der Waals surface area contributed by atoms with Gasteiger partial charge in [-0.1, -0.05) is 19.9 Å². The number of rotatable bonds is 3. The van der Waals surface area contributed by atoms with Crippen LogP contribution < -0.4 is 0 Å². The number of ketones is 1. The molecule has 0 fully saturated rings. The largest absolute Gasteiger partial charge is 0.293 e. The second-order valence-electron chi connectivity index (χ2n) is 3.82. The molecule has 4 heteroatoms. The average Bonchev–Trinajstić information content (AvgIpc) is 2.22. The molecule has 0 aromatic heterocycles. The van der Waals surface area contributed by atoms with E-state index in [4.69, 9.17) is 5.26 Å². The Morgan fingerprint density at radius 3 is 2.62 bits per heavy atom. The Morgan fingerprint density at radius 1 is 1.50 bits per heavy atom. The van der Waals surface area contributed by atoms with E-state index in [2.05, 4.69) is 15.9 Å². The molecule has 1 aromatic carbocycles. The number of Topliss-reactive ketones (excluding diaryl/α,β-unsaturated/α-hetero) is 1. The molecule has 0 amide bonds. The van der Waals surface area contributed by atoms with Gasteiger partial charge in [0, 0.05) is 0 Å². The van der Waals surface area contributed by atoms with E-state index in [1.807, 2.05) is 6.07 Å². The third kappa shape index (κ3) is 2.48. The Kier molecular flexibility index (Phi) is 4.19. The second kappa shape index (κ2) is 5.22. The van der Waals surface area contributed by atoms with Crippen LogP contribution in [0.5, 0.6) is 0 Å². The molecule has 1 rings (SSSR count). The third-order valence-corrected chi connectivity index (χ3v) is 2.92. The minimum Gasteiger partial charge on any atom is -0.293 e. The molecule has 84 valence electrons. The highest BCUT2D eigenvalue weighted by Crippen LogP contribution is 2.23. The summed E-state index contributed by atoms with van der Waals surface area (Å²) >= 11 is 3.01. The SMILES string of the molecule is CC(C)C(C#N)C(=O)c1cccc(Br)c1F. The van der Waals surface area contributed by atoms with Crippen LogP contribution >= 0.6 is 15.9 Å². The quantitative estimate of drug-likeness (QED) is 0.796. The van der Waals surface area contributed by atoms with Gasteiger partial charge in [0.1, 0.15) is 11.7 Å². The van der Waals surface area contributed by atoms with Crippen LogP contribution in [0.2, 0.25) is 0 Å². The van der Waals surface area contributed by atoms with E-state index in [0.29, 0.717) is 0 Å². The van der Waals surface area contributed by atoms with E-state index in [0.717, 1.165) is 0 Å². The van der Waals surface area contributed by atoms with Gasteiger partial charge in [0.2, 0.25) is 0 Å². The number of nitriles is 1. The molecule has 0 N–H and O–H groups in total. The van der Waals surface area contributed by atoms with Gasteiger partial charge >= 0.3 is 0 Å². The van der Waals surface area contributed by atoms with Gasteiger partial charge in [-0.05, 0) is 34.0 Å². The molecule has 2 nitrogen and oxygen atoms in total. The molecule has 0 bridgehead atoms. The van der Waals surface area contributed by atoms with Crippen LogP contribution in [0.3, 0.4) is 0 Å². The molecular formula is C12H11BrFNO. The number of carbonyl (C=O) groups excluding carboxylic acids is 1. The van der Waals surface area contributed by atoms with Crippen molar-refractivity contribution in [3.05, 3.63) is 34.1 Å². The van der Waals surface area contributed by atoms with Gasteiger partial charge in [0.05, 0.1) is 16.1 Å². The van der Waals surface area contributed by atoms with Crippen molar-refractivity contribution in [3.8, 4) is 6.07 Å². The Bertz CT molecular complexity index is 451. The molecule has 1 aromatic rings. The number of benzene rings is 1. The van der Waals surface area contributed by atoms with Crippen molar-refractivity contribution in [3.63, 3.8) is 0 Å². The van der Waals surface area contributed by atoms with Crippen molar-refractivity contribution in [2.45, 2.75) is 13.8 Å². The highest BCUT2D eigenvalue weighted by Gasteiger charge is 2.25. The van der Waals surface area contributed by atoms with Crippen molar-refractivity contribution in [1.82, 2.24) is 0 Å². The maximum atomic E-state index is 13.6. The van der Waals surface area contributed by atoms with Crippen LogP contribution in [0.25, 0.3) is 0 Å². The van der Waals surface area contributed by atoms with Crippen LogP contribution in [0.4, 0.5) is 4.39 Å². The van der Waals surface area contributed by atoms with Gasteiger partial charge in [-0.2, -0.15) is 5.26 Å². The van der Waals surface area contributed by atoms with Crippen molar-refractivity contribution >= 4 is 21.7 Å². The summed E-state index contributed by atoms with van der Waals surface area (Å²) in [5, 5.41) is 8.88. The molecule has 1 atom stereocenters. The summed E-state index contributed by atoms with van der Waals surface area (Å²) in [6.45, 7) is 3.53. The van der Waals surface area contributed by atoms with Gasteiger partial charge in [0.25, 0.3) is 0 Å². The van der Waals surface area contributed by atoms with E-state index in [1.165, 1.54) is 12.1 Å². The van der Waals surface area contributed by atoms with Crippen molar-refractivity contribution in [1.29, 1.82) is 5.26 Å². The molecular weight excluding hydrogens is 273 g/mol. The molecule has 0 heterocycles. The van der Waals surface area contributed by atoms with E-state index < -0.39 is 17.5 Å². The first-order valence-electron chi connectivity index (χ1n) is 4.87. The molecule has 1 unspecified atom stereocenters. The molecule has 0 spiro atoms. The van der Waals surface area contributed by atoms with Crippen molar-refractivity contribution in [2.75, 3.05) is 0 Å². The molecule has 0 aliphatic heterocycles. The second-order valence-corrected chi connectivity index (χ2v) is 4.67. The zero-order valence-electron chi connectivity index (χ0n) is 9.00. The highest BCUT2D eigenvalue weighted by atomic mass is 79.9.